The highest BCUT2D eigenvalue weighted by Crippen LogP contribution is 2.17. The van der Waals surface area contributed by atoms with Gasteiger partial charge in [0.2, 0.25) is 5.88 Å². The van der Waals surface area contributed by atoms with E-state index in [1.807, 2.05) is 0 Å². The van der Waals surface area contributed by atoms with E-state index in [-0.39, 0.29) is 5.69 Å². The predicted molar refractivity (Wildman–Crippen MR) is 48.8 cm³/mol. The Bertz CT molecular complexity index is 292. The Morgan fingerprint density at radius 2 is 2.14 bits per heavy atom. The lowest BCUT2D eigenvalue weighted by Crippen LogP contribution is -2.22. The van der Waals surface area contributed by atoms with Crippen molar-refractivity contribution < 1.29 is 20.1 Å². The Morgan fingerprint density at radius 1 is 1.43 bits per heavy atom. The molecule has 0 fully saturated rings. The first-order valence-corrected chi connectivity index (χ1v) is 4.17. The molecule has 5 heteroatoms. The highest BCUT2D eigenvalue weighted by atomic mass is 16.5. The predicted octanol–water partition coefficient (Wildman–Crippen LogP) is -0.523. The number of rotatable bonds is 4. The SMILES string of the molecule is COc1cccc(C(O)C(O)CO)n1. The summed E-state index contributed by atoms with van der Waals surface area (Å²) in [7, 11) is 1.46. The van der Waals surface area contributed by atoms with Crippen molar-refractivity contribution in [3.05, 3.63) is 23.9 Å². The quantitative estimate of drug-likeness (QED) is 0.607. The normalized spacial score (nSPS) is 14.9. The van der Waals surface area contributed by atoms with Crippen LogP contribution in [0.3, 0.4) is 0 Å². The van der Waals surface area contributed by atoms with Crippen molar-refractivity contribution in [2.45, 2.75) is 12.2 Å². The van der Waals surface area contributed by atoms with Crippen molar-refractivity contribution in [2.75, 3.05) is 13.7 Å². The maximum atomic E-state index is 9.48. The van der Waals surface area contributed by atoms with Gasteiger partial charge in [0.05, 0.1) is 19.4 Å². The molecule has 1 heterocycles. The Balaban J connectivity index is 2.83. The molecule has 14 heavy (non-hydrogen) atoms. The topological polar surface area (TPSA) is 82.8 Å². The fourth-order valence-corrected chi connectivity index (χ4v) is 1.01. The molecule has 0 saturated heterocycles. The molecule has 0 amide bonds. The number of aliphatic hydroxyl groups is 3. The van der Waals surface area contributed by atoms with Crippen LogP contribution < -0.4 is 4.74 Å². The number of methoxy groups -OCH3 is 1. The van der Waals surface area contributed by atoms with Crippen molar-refractivity contribution in [2.24, 2.45) is 0 Å². The maximum absolute atomic E-state index is 9.48. The molecule has 2 unspecified atom stereocenters. The van der Waals surface area contributed by atoms with Crippen LogP contribution in [0.5, 0.6) is 5.88 Å². The van der Waals surface area contributed by atoms with Crippen LogP contribution in [0.25, 0.3) is 0 Å². The van der Waals surface area contributed by atoms with Gasteiger partial charge in [-0.2, -0.15) is 0 Å². The molecule has 0 saturated carbocycles. The van der Waals surface area contributed by atoms with Crippen LogP contribution in [-0.2, 0) is 0 Å². The Labute approximate surface area is 81.6 Å². The number of ether oxygens (including phenoxy) is 1. The summed E-state index contributed by atoms with van der Waals surface area (Å²) in [6.07, 6.45) is -2.43. The van der Waals surface area contributed by atoms with E-state index in [0.717, 1.165) is 0 Å². The van der Waals surface area contributed by atoms with E-state index in [0.29, 0.717) is 5.88 Å². The minimum Gasteiger partial charge on any atom is -0.481 e. The third kappa shape index (κ3) is 2.41. The minimum absolute atomic E-state index is 0.269. The van der Waals surface area contributed by atoms with Gasteiger partial charge < -0.3 is 20.1 Å². The van der Waals surface area contributed by atoms with Crippen molar-refractivity contribution in [3.63, 3.8) is 0 Å². The summed E-state index contributed by atoms with van der Waals surface area (Å²) in [6, 6.07) is 4.82. The molecule has 5 nitrogen and oxygen atoms in total. The molecule has 0 radical (unpaired) electrons. The number of nitrogens with zero attached hydrogens (tertiary/aromatic N) is 1. The lowest BCUT2D eigenvalue weighted by molar-refractivity contribution is -0.0174. The number of aromatic nitrogens is 1. The summed E-state index contributed by atoms with van der Waals surface area (Å²) < 4.78 is 4.85. The van der Waals surface area contributed by atoms with Crippen molar-refractivity contribution in [1.29, 1.82) is 0 Å². The van der Waals surface area contributed by atoms with Gasteiger partial charge >= 0.3 is 0 Å². The molecule has 78 valence electrons. The Morgan fingerprint density at radius 3 is 2.71 bits per heavy atom. The van der Waals surface area contributed by atoms with Crippen LogP contribution in [0.2, 0.25) is 0 Å². The fourth-order valence-electron chi connectivity index (χ4n) is 1.01. The van der Waals surface area contributed by atoms with Gasteiger partial charge in [-0.15, -0.1) is 0 Å². The molecule has 0 bridgehead atoms. The smallest absolute Gasteiger partial charge is 0.213 e. The lowest BCUT2D eigenvalue weighted by atomic mass is 10.1. The van der Waals surface area contributed by atoms with E-state index in [9.17, 15) is 5.11 Å². The summed E-state index contributed by atoms with van der Waals surface area (Å²) in [6.45, 7) is -0.514. The van der Waals surface area contributed by atoms with Crippen LogP contribution in [0.1, 0.15) is 11.8 Å². The first-order chi connectivity index (χ1) is 6.69. The van der Waals surface area contributed by atoms with Gasteiger partial charge in [-0.3, -0.25) is 0 Å². The minimum atomic E-state index is -1.23. The Kier molecular flexibility index (Phi) is 3.82. The van der Waals surface area contributed by atoms with Crippen molar-refractivity contribution in [3.8, 4) is 5.88 Å². The zero-order chi connectivity index (χ0) is 10.6. The van der Waals surface area contributed by atoms with E-state index in [2.05, 4.69) is 4.98 Å². The highest BCUT2D eigenvalue weighted by Gasteiger charge is 2.18. The van der Waals surface area contributed by atoms with E-state index in [4.69, 9.17) is 14.9 Å². The van der Waals surface area contributed by atoms with Crippen LogP contribution in [-0.4, -0.2) is 40.1 Å². The van der Waals surface area contributed by atoms with E-state index in [1.54, 1.807) is 18.2 Å². The first-order valence-electron chi connectivity index (χ1n) is 4.17. The van der Waals surface area contributed by atoms with Gasteiger partial charge in [0.15, 0.2) is 0 Å². The van der Waals surface area contributed by atoms with Gasteiger partial charge in [0.1, 0.15) is 12.2 Å². The molecular formula is C9H13NO4. The van der Waals surface area contributed by atoms with E-state index < -0.39 is 18.8 Å². The van der Waals surface area contributed by atoms with Crippen LogP contribution >= 0.6 is 0 Å². The Hall–Kier alpha value is -1.17. The maximum Gasteiger partial charge on any atom is 0.213 e. The summed E-state index contributed by atoms with van der Waals surface area (Å²) in [5.41, 5.74) is 0.269. The third-order valence-corrected chi connectivity index (χ3v) is 1.81. The lowest BCUT2D eigenvalue weighted by Gasteiger charge is -2.15. The standard InChI is InChI=1S/C9H13NO4/c1-14-8-4-2-3-6(10-8)9(13)7(12)5-11/h2-4,7,9,11-13H,5H2,1H3. The molecule has 0 aliphatic rings. The number of aliphatic hydroxyl groups excluding tert-OH is 3. The first kappa shape index (κ1) is 10.9. The molecule has 0 aliphatic carbocycles. The third-order valence-electron chi connectivity index (χ3n) is 1.81. The number of pyridine rings is 1. The highest BCUT2D eigenvalue weighted by molar-refractivity contribution is 5.17. The second-order valence-electron chi connectivity index (χ2n) is 2.80. The number of hydrogen-bond acceptors (Lipinski definition) is 5. The van der Waals surface area contributed by atoms with E-state index in [1.165, 1.54) is 7.11 Å². The van der Waals surface area contributed by atoms with Crippen LogP contribution in [0.15, 0.2) is 18.2 Å². The molecule has 3 N–H and O–H groups in total. The van der Waals surface area contributed by atoms with Gasteiger partial charge in [-0.05, 0) is 6.07 Å². The van der Waals surface area contributed by atoms with Gasteiger partial charge in [0.25, 0.3) is 0 Å². The molecule has 0 aliphatic heterocycles. The second kappa shape index (κ2) is 4.90. The average Bonchev–Trinajstić information content (AvgIpc) is 2.27. The zero-order valence-electron chi connectivity index (χ0n) is 7.79. The zero-order valence-corrected chi connectivity index (χ0v) is 7.79. The molecule has 1 aromatic rings. The summed E-state index contributed by atoms with van der Waals surface area (Å²) in [4.78, 5) is 3.92. The monoisotopic (exact) mass is 199 g/mol. The largest absolute Gasteiger partial charge is 0.481 e. The molecule has 2 atom stereocenters. The average molecular weight is 199 g/mol. The molecule has 0 spiro atoms. The second-order valence-corrected chi connectivity index (χ2v) is 2.80. The molecule has 0 aromatic carbocycles. The van der Waals surface area contributed by atoms with Gasteiger partial charge in [-0.1, -0.05) is 6.07 Å². The van der Waals surface area contributed by atoms with Crippen molar-refractivity contribution >= 4 is 0 Å². The molecular weight excluding hydrogens is 186 g/mol. The van der Waals surface area contributed by atoms with Gasteiger partial charge in [0, 0.05) is 6.07 Å². The van der Waals surface area contributed by atoms with Crippen molar-refractivity contribution in [1.82, 2.24) is 4.98 Å². The summed E-state index contributed by atoms with van der Waals surface area (Å²) in [5.74, 6) is 0.353. The molecule has 1 rings (SSSR count). The molecule has 1 aromatic heterocycles. The van der Waals surface area contributed by atoms with E-state index >= 15 is 0 Å². The number of hydrogen-bond donors (Lipinski definition) is 3. The van der Waals surface area contributed by atoms with Crippen LogP contribution in [0.4, 0.5) is 0 Å². The van der Waals surface area contributed by atoms with Crippen LogP contribution in [0, 0.1) is 0 Å². The summed E-state index contributed by atoms with van der Waals surface area (Å²) in [5, 5.41) is 27.3. The fraction of sp³-hybridized carbons (Fsp3) is 0.444. The summed E-state index contributed by atoms with van der Waals surface area (Å²) >= 11 is 0. The van der Waals surface area contributed by atoms with Gasteiger partial charge in [-0.25, -0.2) is 4.98 Å².